The van der Waals surface area contributed by atoms with Gasteiger partial charge in [0.1, 0.15) is 0 Å². The van der Waals surface area contributed by atoms with Crippen LogP contribution in [0.2, 0.25) is 0 Å². The van der Waals surface area contributed by atoms with Crippen molar-refractivity contribution < 1.29 is 0 Å². The van der Waals surface area contributed by atoms with Gasteiger partial charge in [-0.3, -0.25) is 0 Å². The summed E-state index contributed by atoms with van der Waals surface area (Å²) in [6.07, 6.45) is 4.42. The average Bonchev–Trinajstić information content (AvgIpc) is 1.50. The molecule has 0 aromatic heterocycles. The van der Waals surface area contributed by atoms with Crippen molar-refractivity contribution in [3.63, 3.8) is 0 Å². The standard InChI is InChI=1S/C110H101BN2/c1-103(2,3)78-50-54-96(84(64-78)71-48-52-82-80-44-30-32-46-86(80)109(88(82)60-71,74-36-22-16-23-37-74)75-38-24-17-25-39-75)112-98-68-92-90(105(7,8)56-58-107(92,11)12)66-94(98)111-95-67-91-93(108(13,14)59-57-106(91,9)10)69-99(95)113(101-63-73(62-100(112)102(101)111)70-34-20-15-21-35-70)97-55-51-79(104(4,5)6)65-85(97)72-49-53-83-81-45-31-33-47-87(81)110(89(83)61-72,76-40-26-18-27-41-76)77-42-28-19-29-43-77/h15-55,60-69H,56-59H2,1-14H3. The Morgan fingerprint density at radius 1 is 0.239 bits per heavy atom. The van der Waals surface area contributed by atoms with Crippen molar-refractivity contribution in [3.05, 3.63) is 387 Å². The van der Waals surface area contributed by atoms with Crippen molar-refractivity contribution in [2.75, 3.05) is 9.80 Å². The first-order chi connectivity index (χ1) is 54.3. The second kappa shape index (κ2) is 25.1. The average molecular weight is 1460 g/mol. The fourth-order valence-corrected chi connectivity index (χ4v) is 21.5. The number of benzene rings is 14. The molecule has 0 fully saturated rings. The molecular formula is C110H101BN2. The maximum absolute atomic E-state index is 2.80. The van der Waals surface area contributed by atoms with E-state index in [0.717, 1.165) is 25.7 Å². The maximum Gasteiger partial charge on any atom is 0.252 e. The Kier molecular flexibility index (Phi) is 15.7. The summed E-state index contributed by atoms with van der Waals surface area (Å²) in [7, 11) is 0. The van der Waals surface area contributed by atoms with Gasteiger partial charge in [-0.2, -0.15) is 0 Å². The van der Waals surface area contributed by atoms with Crippen LogP contribution >= 0.6 is 0 Å². The van der Waals surface area contributed by atoms with Gasteiger partial charge in [-0.05, 0) is 258 Å². The van der Waals surface area contributed by atoms with Crippen molar-refractivity contribution in [3.8, 4) is 55.6 Å². The molecule has 0 atom stereocenters. The number of anilines is 6. The first kappa shape index (κ1) is 70.8. The largest absolute Gasteiger partial charge is 0.311 e. The minimum Gasteiger partial charge on any atom is -0.311 e. The highest BCUT2D eigenvalue weighted by atomic mass is 15.2. The van der Waals surface area contributed by atoms with Gasteiger partial charge in [0.05, 0.1) is 22.2 Å². The van der Waals surface area contributed by atoms with Gasteiger partial charge in [0.25, 0.3) is 6.71 Å². The van der Waals surface area contributed by atoms with Crippen LogP contribution < -0.4 is 26.2 Å². The highest BCUT2D eigenvalue weighted by Gasteiger charge is 2.52. The predicted molar refractivity (Wildman–Crippen MR) is 479 cm³/mol. The minimum absolute atomic E-state index is 0.0819. The van der Waals surface area contributed by atoms with Gasteiger partial charge in [0.15, 0.2) is 0 Å². The zero-order chi connectivity index (χ0) is 77.7. The highest BCUT2D eigenvalue weighted by Crippen LogP contribution is 2.62. The molecule has 3 heteroatoms. The van der Waals surface area contributed by atoms with Crippen LogP contribution in [-0.2, 0) is 43.3 Å². The molecule has 0 spiro atoms. The second-order valence-corrected chi connectivity index (χ2v) is 38.4. The molecule has 113 heavy (non-hydrogen) atoms. The molecule has 2 heterocycles. The number of hydrogen-bond acceptors (Lipinski definition) is 2. The van der Waals surface area contributed by atoms with Crippen molar-refractivity contribution in [2.24, 2.45) is 0 Å². The lowest BCUT2D eigenvalue weighted by atomic mass is 9.32. The lowest BCUT2D eigenvalue weighted by molar-refractivity contribution is 0.332. The molecule has 0 saturated carbocycles. The van der Waals surface area contributed by atoms with Crippen molar-refractivity contribution in [1.82, 2.24) is 0 Å². The zero-order valence-corrected chi connectivity index (χ0v) is 68.2. The minimum atomic E-state index is -0.598. The molecule has 14 aromatic rings. The normalized spacial score (nSPS) is 17.0. The summed E-state index contributed by atoms with van der Waals surface area (Å²) in [6, 6.07) is 122. The molecule has 0 saturated heterocycles. The summed E-state index contributed by atoms with van der Waals surface area (Å²) >= 11 is 0. The zero-order valence-electron chi connectivity index (χ0n) is 68.2. The lowest BCUT2D eigenvalue weighted by Gasteiger charge is -2.49. The van der Waals surface area contributed by atoms with Crippen LogP contribution in [-0.4, -0.2) is 6.71 Å². The quantitative estimate of drug-likeness (QED) is 0.133. The summed E-state index contributed by atoms with van der Waals surface area (Å²) in [5.74, 6) is 0. The van der Waals surface area contributed by atoms with E-state index in [9.17, 15) is 0 Å². The number of rotatable bonds is 9. The van der Waals surface area contributed by atoms with Crippen LogP contribution in [0.3, 0.4) is 0 Å². The molecule has 2 nitrogen and oxygen atoms in total. The topological polar surface area (TPSA) is 6.48 Å². The van der Waals surface area contributed by atoms with Gasteiger partial charge in [-0.25, -0.2) is 0 Å². The van der Waals surface area contributed by atoms with Crippen molar-refractivity contribution >= 4 is 57.2 Å². The summed E-state index contributed by atoms with van der Waals surface area (Å²) in [6.45, 7) is 34.4. The van der Waals surface area contributed by atoms with Crippen LogP contribution in [0.15, 0.2) is 309 Å². The number of nitrogens with zero attached hydrogens (tertiary/aromatic N) is 2. The number of hydrogen-bond donors (Lipinski definition) is 0. The molecule has 6 aliphatic rings. The Hall–Kier alpha value is -11.3. The van der Waals surface area contributed by atoms with E-state index in [1.165, 1.54) is 184 Å². The fraction of sp³-hybridized carbons (Fsp3) is 0.236. The second-order valence-electron chi connectivity index (χ2n) is 38.4. The van der Waals surface area contributed by atoms with Crippen LogP contribution in [0.25, 0.3) is 55.6 Å². The first-order valence-corrected chi connectivity index (χ1v) is 41.5. The SMILES string of the molecule is CC(C)(C)c1ccc(N2c3cc4c(cc3B3c5cc6c(cc5N(c5ccc(C(C)(C)C)cc5-c5ccc7c(c5)C(c5ccccc5)(c5ccccc5)c5ccccc5-7)c5cc(-c7ccccc7)cc2c53)C(C)(C)CCC6(C)C)C(C)(C)CCC4(C)C)c(-c2ccc3c(c2)C(c2ccccc2)(c2ccccc2)c2ccccc2-3)c1. The summed E-state index contributed by atoms with van der Waals surface area (Å²) < 4.78 is 0. The number of fused-ring (bicyclic) bond motifs is 12. The molecular weight excluding hydrogens is 1360 g/mol. The Morgan fingerprint density at radius 2 is 0.558 bits per heavy atom. The van der Waals surface area contributed by atoms with E-state index in [2.05, 4.69) is 416 Å². The van der Waals surface area contributed by atoms with Crippen LogP contribution in [0.1, 0.15) is 201 Å². The van der Waals surface area contributed by atoms with Gasteiger partial charge < -0.3 is 9.80 Å². The monoisotopic (exact) mass is 1460 g/mol. The fourth-order valence-electron chi connectivity index (χ4n) is 21.5. The smallest absolute Gasteiger partial charge is 0.252 e. The molecule has 0 N–H and O–H groups in total. The van der Waals surface area contributed by atoms with Gasteiger partial charge >= 0.3 is 0 Å². The Morgan fingerprint density at radius 3 is 0.912 bits per heavy atom. The van der Waals surface area contributed by atoms with Gasteiger partial charge in [-0.15, -0.1) is 0 Å². The molecule has 554 valence electrons. The molecule has 2 aliphatic heterocycles. The third-order valence-electron chi connectivity index (χ3n) is 27.9. The molecule has 20 rings (SSSR count). The molecule has 0 bridgehead atoms. The van der Waals surface area contributed by atoms with E-state index in [-0.39, 0.29) is 39.2 Å². The molecule has 4 aliphatic carbocycles. The maximum atomic E-state index is 2.80. The van der Waals surface area contributed by atoms with Gasteiger partial charge in [-0.1, -0.05) is 346 Å². The van der Waals surface area contributed by atoms with E-state index in [0.29, 0.717) is 0 Å². The van der Waals surface area contributed by atoms with E-state index in [1.807, 2.05) is 0 Å². The van der Waals surface area contributed by atoms with E-state index >= 15 is 0 Å². The summed E-state index contributed by atoms with van der Waals surface area (Å²) in [5, 5.41) is 0. The van der Waals surface area contributed by atoms with Gasteiger partial charge in [0, 0.05) is 33.9 Å². The highest BCUT2D eigenvalue weighted by molar-refractivity contribution is 7.00. The Labute approximate surface area is 671 Å². The summed E-state index contributed by atoms with van der Waals surface area (Å²) in [5.41, 5.74) is 40.4. The third kappa shape index (κ3) is 10.6. The molecule has 0 amide bonds. The first-order valence-electron chi connectivity index (χ1n) is 41.5. The van der Waals surface area contributed by atoms with Crippen molar-refractivity contribution in [2.45, 2.75) is 166 Å². The van der Waals surface area contributed by atoms with Crippen LogP contribution in [0, 0.1) is 0 Å². The Balaban J connectivity index is 0.917. The summed E-state index contributed by atoms with van der Waals surface area (Å²) in [4.78, 5) is 5.59. The van der Waals surface area contributed by atoms with Crippen LogP contribution in [0.4, 0.5) is 34.1 Å². The Bertz CT molecular complexity index is 5770. The third-order valence-corrected chi connectivity index (χ3v) is 27.9. The predicted octanol–water partition coefficient (Wildman–Crippen LogP) is 26.8. The van der Waals surface area contributed by atoms with E-state index < -0.39 is 10.8 Å². The molecule has 0 radical (unpaired) electrons. The van der Waals surface area contributed by atoms with Crippen LogP contribution in [0.5, 0.6) is 0 Å². The van der Waals surface area contributed by atoms with E-state index in [1.54, 1.807) is 0 Å². The molecule has 14 aromatic carbocycles. The van der Waals surface area contributed by atoms with Crippen molar-refractivity contribution in [1.29, 1.82) is 0 Å². The molecule has 0 unspecified atom stereocenters. The lowest BCUT2D eigenvalue weighted by Crippen LogP contribution is -2.62. The van der Waals surface area contributed by atoms with Gasteiger partial charge in [0.2, 0.25) is 0 Å². The van der Waals surface area contributed by atoms with E-state index in [4.69, 9.17) is 0 Å².